The monoisotopic (exact) mass is 303 g/mol. The molecule has 1 saturated heterocycles. The van der Waals surface area contributed by atoms with Crippen LogP contribution in [0.2, 0.25) is 0 Å². The Kier molecular flexibility index (Phi) is 3.63. The molecule has 2 heterocycles. The smallest absolute Gasteiger partial charge is 0.284 e. The van der Waals surface area contributed by atoms with Crippen molar-refractivity contribution in [3.05, 3.63) is 34.7 Å². The summed E-state index contributed by atoms with van der Waals surface area (Å²) in [6, 6.07) is 7.87. The fourth-order valence-corrected chi connectivity index (χ4v) is 2.98. The third kappa shape index (κ3) is 2.63. The van der Waals surface area contributed by atoms with Gasteiger partial charge in [-0.15, -0.1) is 5.10 Å². The van der Waals surface area contributed by atoms with Gasteiger partial charge in [-0.1, -0.05) is 0 Å². The van der Waals surface area contributed by atoms with Gasteiger partial charge in [0, 0.05) is 23.2 Å². The highest BCUT2D eigenvalue weighted by atomic mass is 32.1. The Morgan fingerprint density at radius 2 is 1.90 bits per heavy atom. The zero-order chi connectivity index (χ0) is 15.0. The number of nitrogens with zero attached hydrogens (tertiary/aromatic N) is 2. The van der Waals surface area contributed by atoms with Crippen molar-refractivity contribution in [3.63, 3.8) is 0 Å². The number of rotatable bonds is 2. The van der Waals surface area contributed by atoms with Gasteiger partial charge < -0.3 is 9.32 Å². The molecule has 0 saturated carbocycles. The van der Waals surface area contributed by atoms with E-state index in [2.05, 4.69) is 24.0 Å². The second-order valence-electron chi connectivity index (χ2n) is 5.48. The van der Waals surface area contributed by atoms with Gasteiger partial charge in [0.1, 0.15) is 0 Å². The van der Waals surface area contributed by atoms with Crippen molar-refractivity contribution in [2.45, 2.75) is 38.8 Å². The molecular formula is C15H17N3O2S. The van der Waals surface area contributed by atoms with Gasteiger partial charge in [-0.3, -0.25) is 4.79 Å². The first-order valence-corrected chi connectivity index (χ1v) is 7.45. The summed E-state index contributed by atoms with van der Waals surface area (Å²) in [6.07, 6.45) is 2.14. The number of H-pyrrole nitrogens is 1. The van der Waals surface area contributed by atoms with Crippen LogP contribution in [-0.4, -0.2) is 33.1 Å². The Bertz CT molecular complexity index is 694. The second-order valence-corrected chi connectivity index (χ2v) is 5.85. The van der Waals surface area contributed by atoms with E-state index in [0.29, 0.717) is 23.5 Å². The van der Waals surface area contributed by atoms with Crippen molar-refractivity contribution in [1.29, 1.82) is 0 Å². The van der Waals surface area contributed by atoms with Crippen molar-refractivity contribution >= 4 is 18.1 Å². The molecule has 1 aromatic carbocycles. The summed E-state index contributed by atoms with van der Waals surface area (Å²) in [5, 5.41) is 6.55. The molecule has 1 N–H and O–H groups in total. The zero-order valence-electron chi connectivity index (χ0n) is 12.0. The summed E-state index contributed by atoms with van der Waals surface area (Å²) in [7, 11) is 0. The molecule has 0 bridgehead atoms. The minimum atomic E-state index is 0.0852. The average molecular weight is 303 g/mol. The number of aromatic amines is 1. The highest BCUT2D eigenvalue weighted by Crippen LogP contribution is 2.26. The molecule has 1 aliphatic heterocycles. The van der Waals surface area contributed by atoms with E-state index < -0.39 is 0 Å². The molecule has 1 fully saturated rings. The maximum absolute atomic E-state index is 12.6. The third-order valence-electron chi connectivity index (χ3n) is 4.00. The molecular weight excluding hydrogens is 286 g/mol. The number of hydrogen-bond donors (Lipinski definition) is 1. The van der Waals surface area contributed by atoms with Gasteiger partial charge in [-0.25, -0.2) is 5.10 Å². The Balaban J connectivity index is 1.84. The average Bonchev–Trinajstić information content (AvgIpc) is 3.05. The van der Waals surface area contributed by atoms with E-state index >= 15 is 0 Å². The minimum Gasteiger partial charge on any atom is -0.409 e. The number of likely N-dealkylation sites (tertiary alicyclic amines) is 1. The van der Waals surface area contributed by atoms with E-state index in [1.165, 1.54) is 0 Å². The predicted molar refractivity (Wildman–Crippen MR) is 81.5 cm³/mol. The van der Waals surface area contributed by atoms with Crippen LogP contribution < -0.4 is 0 Å². The Morgan fingerprint density at radius 1 is 1.29 bits per heavy atom. The topological polar surface area (TPSA) is 62.1 Å². The Morgan fingerprint density at radius 3 is 2.43 bits per heavy atom. The van der Waals surface area contributed by atoms with Gasteiger partial charge >= 0.3 is 0 Å². The summed E-state index contributed by atoms with van der Waals surface area (Å²) >= 11 is 4.85. The molecule has 0 radical (unpaired) electrons. The minimum absolute atomic E-state index is 0.0852. The molecule has 6 heteroatoms. The molecule has 110 valence electrons. The second kappa shape index (κ2) is 5.44. The van der Waals surface area contributed by atoms with Crippen molar-refractivity contribution in [2.24, 2.45) is 0 Å². The van der Waals surface area contributed by atoms with E-state index in [0.717, 1.165) is 18.4 Å². The first kappa shape index (κ1) is 14.0. The van der Waals surface area contributed by atoms with Crippen LogP contribution in [-0.2, 0) is 0 Å². The summed E-state index contributed by atoms with van der Waals surface area (Å²) in [5.74, 6) is 0.517. The molecule has 0 unspecified atom stereocenters. The van der Waals surface area contributed by atoms with E-state index in [1.54, 1.807) is 0 Å². The van der Waals surface area contributed by atoms with Crippen LogP contribution >= 0.6 is 12.2 Å². The number of nitrogens with one attached hydrogen (secondary N) is 1. The van der Waals surface area contributed by atoms with E-state index in [1.807, 2.05) is 29.2 Å². The lowest BCUT2D eigenvalue weighted by Gasteiger charge is -2.26. The molecule has 3 rings (SSSR count). The van der Waals surface area contributed by atoms with Crippen LogP contribution in [0.1, 0.15) is 37.0 Å². The van der Waals surface area contributed by atoms with Gasteiger partial charge in [0.05, 0.1) is 0 Å². The van der Waals surface area contributed by atoms with E-state index in [9.17, 15) is 4.79 Å². The lowest BCUT2D eigenvalue weighted by Crippen LogP contribution is -2.38. The Labute approximate surface area is 128 Å². The summed E-state index contributed by atoms with van der Waals surface area (Å²) < 4.78 is 5.26. The highest BCUT2D eigenvalue weighted by molar-refractivity contribution is 7.71. The van der Waals surface area contributed by atoms with Gasteiger partial charge in [0.2, 0.25) is 5.89 Å². The van der Waals surface area contributed by atoms with E-state index in [-0.39, 0.29) is 10.7 Å². The molecule has 21 heavy (non-hydrogen) atoms. The van der Waals surface area contributed by atoms with Crippen LogP contribution in [0, 0.1) is 4.84 Å². The molecule has 2 aromatic rings. The first-order chi connectivity index (χ1) is 10.1. The number of aromatic nitrogens is 2. The lowest BCUT2D eigenvalue weighted by molar-refractivity contribution is 0.0693. The highest BCUT2D eigenvalue weighted by Gasteiger charge is 2.31. The van der Waals surface area contributed by atoms with Crippen LogP contribution in [0.15, 0.2) is 28.7 Å². The van der Waals surface area contributed by atoms with Crippen molar-refractivity contribution < 1.29 is 9.21 Å². The molecule has 2 atom stereocenters. The van der Waals surface area contributed by atoms with Crippen LogP contribution in [0.25, 0.3) is 11.5 Å². The number of benzene rings is 1. The maximum Gasteiger partial charge on any atom is 0.284 e. The van der Waals surface area contributed by atoms with E-state index in [4.69, 9.17) is 16.6 Å². The van der Waals surface area contributed by atoms with Gasteiger partial charge in [-0.05, 0) is 63.2 Å². The molecule has 5 nitrogen and oxygen atoms in total. The lowest BCUT2D eigenvalue weighted by atomic mass is 10.1. The predicted octanol–water partition coefficient (Wildman–Crippen LogP) is 3.41. The van der Waals surface area contributed by atoms with Crippen molar-refractivity contribution in [3.8, 4) is 11.5 Å². The number of carbonyl (C=O) groups is 1. The molecule has 1 aromatic heterocycles. The quantitative estimate of drug-likeness (QED) is 0.864. The van der Waals surface area contributed by atoms with Gasteiger partial charge in [0.25, 0.3) is 10.7 Å². The summed E-state index contributed by atoms with van der Waals surface area (Å²) in [5.41, 5.74) is 1.48. The maximum atomic E-state index is 12.6. The zero-order valence-corrected chi connectivity index (χ0v) is 12.8. The fourth-order valence-electron chi connectivity index (χ4n) is 2.85. The normalized spacial score (nSPS) is 21.7. The number of carbonyl (C=O) groups excluding carboxylic acids is 1. The fraction of sp³-hybridized carbons (Fsp3) is 0.400. The number of amides is 1. The molecule has 1 amide bonds. The number of hydrogen-bond acceptors (Lipinski definition) is 4. The summed E-state index contributed by atoms with van der Waals surface area (Å²) in [4.78, 5) is 14.8. The molecule has 0 spiro atoms. The van der Waals surface area contributed by atoms with Gasteiger partial charge in [-0.2, -0.15) is 0 Å². The van der Waals surface area contributed by atoms with Gasteiger partial charge in [0.15, 0.2) is 0 Å². The SMILES string of the molecule is C[C@H]1CC[C@H](C)N1C(=O)c1ccc(-c2n[nH]c(=S)o2)cc1. The van der Waals surface area contributed by atoms with Crippen molar-refractivity contribution in [2.75, 3.05) is 0 Å². The third-order valence-corrected chi connectivity index (χ3v) is 4.18. The molecule has 1 aliphatic rings. The molecule has 0 aliphatic carbocycles. The van der Waals surface area contributed by atoms with Crippen LogP contribution in [0.3, 0.4) is 0 Å². The largest absolute Gasteiger partial charge is 0.409 e. The van der Waals surface area contributed by atoms with Crippen LogP contribution in [0.4, 0.5) is 0 Å². The van der Waals surface area contributed by atoms with Crippen molar-refractivity contribution in [1.82, 2.24) is 15.1 Å². The summed E-state index contributed by atoms with van der Waals surface area (Å²) in [6.45, 7) is 4.20. The Hall–Kier alpha value is -1.95. The van der Waals surface area contributed by atoms with Crippen LogP contribution in [0.5, 0.6) is 0 Å². The first-order valence-electron chi connectivity index (χ1n) is 7.05. The standard InChI is InChI=1S/C15H17N3O2S/c1-9-3-4-10(2)18(9)14(19)12-7-5-11(6-8-12)13-16-17-15(21)20-13/h5-10H,3-4H2,1-2H3,(H,17,21)/t9-,10-/m0/s1.